The Kier molecular flexibility index (Phi) is 7.84. The number of methoxy groups -OCH3 is 1. The first-order valence-electron chi connectivity index (χ1n) is 10.7. The van der Waals surface area contributed by atoms with E-state index in [4.69, 9.17) is 14.2 Å². The number of Topliss-reactive ketones (excluding diaryl/α,β-unsaturated/α-hetero) is 1. The number of carbonyl (C=O) groups excluding carboxylic acids is 3. The highest BCUT2D eigenvalue weighted by atomic mass is 16.5. The van der Waals surface area contributed by atoms with Crippen LogP contribution in [0, 0.1) is 0 Å². The Balaban J connectivity index is 2.03. The van der Waals surface area contributed by atoms with Crippen molar-refractivity contribution in [1.29, 1.82) is 0 Å². The van der Waals surface area contributed by atoms with Gasteiger partial charge in [-0.1, -0.05) is 19.1 Å². The lowest BCUT2D eigenvalue weighted by molar-refractivity contribution is -0.140. The minimum atomic E-state index is -0.817. The number of rotatable bonds is 9. The van der Waals surface area contributed by atoms with E-state index in [-0.39, 0.29) is 24.5 Å². The fourth-order valence-corrected chi connectivity index (χ4v) is 3.62. The summed E-state index contributed by atoms with van der Waals surface area (Å²) in [6.45, 7) is 4.25. The van der Waals surface area contributed by atoms with Gasteiger partial charge >= 0.3 is 5.97 Å². The number of aliphatic hydroxyl groups is 1. The average molecular weight is 453 g/mol. The second-order valence-corrected chi connectivity index (χ2v) is 7.52. The number of hydrogen-bond acceptors (Lipinski definition) is 7. The Hall–Kier alpha value is -3.65. The molecule has 8 nitrogen and oxygen atoms in total. The van der Waals surface area contributed by atoms with E-state index in [0.29, 0.717) is 29.2 Å². The van der Waals surface area contributed by atoms with Gasteiger partial charge in [0.1, 0.15) is 17.3 Å². The van der Waals surface area contributed by atoms with Crippen LogP contribution in [0.15, 0.2) is 54.1 Å². The summed E-state index contributed by atoms with van der Waals surface area (Å²) in [4.78, 5) is 38.3. The number of nitrogens with zero attached hydrogens (tertiary/aromatic N) is 1. The monoisotopic (exact) mass is 453 g/mol. The molecule has 3 rings (SSSR count). The molecule has 0 radical (unpaired) electrons. The van der Waals surface area contributed by atoms with Crippen molar-refractivity contribution in [3.63, 3.8) is 0 Å². The summed E-state index contributed by atoms with van der Waals surface area (Å²) in [6, 6.07) is 12.3. The van der Waals surface area contributed by atoms with Gasteiger partial charge in [0, 0.05) is 26.1 Å². The van der Waals surface area contributed by atoms with Gasteiger partial charge in [-0.3, -0.25) is 14.4 Å². The number of hydrogen-bond donors (Lipinski definition) is 1. The van der Waals surface area contributed by atoms with Crippen molar-refractivity contribution in [2.75, 3.05) is 26.9 Å². The molecule has 0 spiro atoms. The van der Waals surface area contributed by atoms with Gasteiger partial charge in [0.25, 0.3) is 11.7 Å². The molecule has 1 aliphatic rings. The summed E-state index contributed by atoms with van der Waals surface area (Å²) in [5, 5.41) is 11.1. The molecular weight excluding hydrogens is 426 g/mol. The van der Waals surface area contributed by atoms with Gasteiger partial charge in [0.05, 0.1) is 24.8 Å². The Morgan fingerprint density at radius 2 is 1.64 bits per heavy atom. The molecule has 0 saturated carbocycles. The smallest absolute Gasteiger partial charge is 0.308 e. The highest BCUT2D eigenvalue weighted by Crippen LogP contribution is 2.39. The van der Waals surface area contributed by atoms with E-state index in [9.17, 15) is 19.5 Å². The van der Waals surface area contributed by atoms with Crippen molar-refractivity contribution in [1.82, 2.24) is 4.90 Å². The zero-order chi connectivity index (χ0) is 24.0. The van der Waals surface area contributed by atoms with Crippen LogP contribution in [0.1, 0.15) is 37.4 Å². The van der Waals surface area contributed by atoms with Gasteiger partial charge in [-0.05, 0) is 48.4 Å². The zero-order valence-electron chi connectivity index (χ0n) is 18.9. The maximum Gasteiger partial charge on any atom is 0.308 e. The van der Waals surface area contributed by atoms with Crippen LogP contribution >= 0.6 is 0 Å². The standard InChI is InChI=1S/C25H27NO7/c1-4-14-32-19-9-7-18(8-10-19)23(28)21-22(26(13-15-31-3)25(30)24(21)29)17-5-11-20(12-6-17)33-16(2)27/h5-12,22,28H,4,13-15H2,1-3H3/b23-21-. The number of carbonyl (C=O) groups is 3. The summed E-state index contributed by atoms with van der Waals surface area (Å²) >= 11 is 0. The van der Waals surface area contributed by atoms with Crippen LogP contribution in [0.5, 0.6) is 11.5 Å². The summed E-state index contributed by atoms with van der Waals surface area (Å²) in [5.74, 6) is -1.24. The van der Waals surface area contributed by atoms with Crippen LogP contribution in [0.2, 0.25) is 0 Å². The van der Waals surface area contributed by atoms with E-state index in [1.165, 1.54) is 18.9 Å². The van der Waals surface area contributed by atoms with Crippen molar-refractivity contribution in [2.45, 2.75) is 26.3 Å². The largest absolute Gasteiger partial charge is 0.507 e. The van der Waals surface area contributed by atoms with Gasteiger partial charge in [-0.25, -0.2) is 0 Å². The molecule has 1 fully saturated rings. The summed E-state index contributed by atoms with van der Waals surface area (Å²) in [5.41, 5.74) is 0.967. The van der Waals surface area contributed by atoms with E-state index in [2.05, 4.69) is 0 Å². The molecular formula is C25H27NO7. The van der Waals surface area contributed by atoms with Crippen LogP contribution in [0.25, 0.3) is 5.76 Å². The molecule has 1 aliphatic heterocycles. The molecule has 2 aromatic rings. The quantitative estimate of drug-likeness (QED) is 0.204. The fourth-order valence-electron chi connectivity index (χ4n) is 3.62. The molecule has 0 aromatic heterocycles. The fraction of sp³-hybridized carbons (Fsp3) is 0.320. The predicted octanol–water partition coefficient (Wildman–Crippen LogP) is 3.47. The summed E-state index contributed by atoms with van der Waals surface area (Å²) in [7, 11) is 1.50. The molecule has 174 valence electrons. The van der Waals surface area contributed by atoms with Crippen molar-refractivity contribution in [3.8, 4) is 11.5 Å². The first-order valence-corrected chi connectivity index (χ1v) is 10.7. The minimum absolute atomic E-state index is 0.0152. The molecule has 1 heterocycles. The number of esters is 1. The number of ether oxygens (including phenoxy) is 3. The summed E-state index contributed by atoms with van der Waals surface area (Å²) < 4.78 is 15.7. The molecule has 2 aromatic carbocycles. The normalized spacial score (nSPS) is 17.3. The second kappa shape index (κ2) is 10.8. The van der Waals surface area contributed by atoms with Crippen LogP contribution < -0.4 is 9.47 Å². The van der Waals surface area contributed by atoms with Crippen LogP contribution in [0.4, 0.5) is 0 Å². The van der Waals surface area contributed by atoms with Crippen molar-refractivity contribution in [2.24, 2.45) is 0 Å². The lowest BCUT2D eigenvalue weighted by Crippen LogP contribution is -2.32. The number of likely N-dealkylation sites (tertiary alicyclic amines) is 1. The third-order valence-corrected chi connectivity index (χ3v) is 5.13. The lowest BCUT2D eigenvalue weighted by atomic mass is 9.95. The topological polar surface area (TPSA) is 102 Å². The van der Waals surface area contributed by atoms with Gasteiger partial charge in [-0.2, -0.15) is 0 Å². The summed E-state index contributed by atoms with van der Waals surface area (Å²) in [6.07, 6.45) is 0.864. The molecule has 33 heavy (non-hydrogen) atoms. The molecule has 1 N–H and O–H groups in total. The average Bonchev–Trinajstić information content (AvgIpc) is 3.06. The second-order valence-electron chi connectivity index (χ2n) is 7.52. The third kappa shape index (κ3) is 5.40. The molecule has 1 atom stereocenters. The first-order chi connectivity index (χ1) is 15.9. The van der Waals surface area contributed by atoms with Crippen molar-refractivity contribution in [3.05, 3.63) is 65.2 Å². The van der Waals surface area contributed by atoms with E-state index >= 15 is 0 Å². The number of benzene rings is 2. The maximum absolute atomic E-state index is 13.0. The third-order valence-electron chi connectivity index (χ3n) is 5.13. The number of ketones is 1. The van der Waals surface area contributed by atoms with Crippen LogP contribution in [-0.4, -0.2) is 54.5 Å². The van der Waals surface area contributed by atoms with Gasteiger partial charge in [0.15, 0.2) is 0 Å². The minimum Gasteiger partial charge on any atom is -0.507 e. The molecule has 8 heteroatoms. The Bertz CT molecular complexity index is 1040. The van der Waals surface area contributed by atoms with Crippen molar-refractivity contribution < 1.29 is 33.7 Å². The van der Waals surface area contributed by atoms with Gasteiger partial charge < -0.3 is 24.2 Å². The molecule has 0 aliphatic carbocycles. The van der Waals surface area contributed by atoms with E-state index in [0.717, 1.165) is 6.42 Å². The Morgan fingerprint density at radius 3 is 2.21 bits per heavy atom. The molecule has 1 saturated heterocycles. The Labute approximate surface area is 192 Å². The highest BCUT2D eigenvalue weighted by molar-refractivity contribution is 6.46. The van der Waals surface area contributed by atoms with Gasteiger partial charge in [0.2, 0.25) is 0 Å². The highest BCUT2D eigenvalue weighted by Gasteiger charge is 2.45. The number of aliphatic hydroxyl groups excluding tert-OH is 1. The SMILES string of the molecule is CCCOc1ccc(/C(O)=C2/C(=O)C(=O)N(CCOC)C2c2ccc(OC(C)=O)cc2)cc1. The van der Waals surface area contributed by atoms with E-state index in [1.807, 2.05) is 6.92 Å². The van der Waals surface area contributed by atoms with E-state index < -0.39 is 23.7 Å². The van der Waals surface area contributed by atoms with Crippen LogP contribution in [-0.2, 0) is 19.1 Å². The van der Waals surface area contributed by atoms with Crippen LogP contribution in [0.3, 0.4) is 0 Å². The first kappa shape index (κ1) is 24.0. The zero-order valence-corrected chi connectivity index (χ0v) is 18.9. The molecule has 1 unspecified atom stereocenters. The number of amides is 1. The molecule has 0 bridgehead atoms. The van der Waals surface area contributed by atoms with Gasteiger partial charge in [-0.15, -0.1) is 0 Å². The lowest BCUT2D eigenvalue weighted by Gasteiger charge is -2.25. The van der Waals surface area contributed by atoms with E-state index in [1.54, 1.807) is 48.5 Å². The molecule has 1 amide bonds. The maximum atomic E-state index is 13.0. The van der Waals surface area contributed by atoms with Crippen molar-refractivity contribution >= 4 is 23.4 Å². The predicted molar refractivity (Wildman–Crippen MR) is 121 cm³/mol. The Morgan fingerprint density at radius 1 is 1.00 bits per heavy atom.